The minimum Gasteiger partial charge on any atom is -0.508 e. The predicted octanol–water partition coefficient (Wildman–Crippen LogP) is 5.08. The Morgan fingerprint density at radius 2 is 1.39 bits per heavy atom. The normalized spacial score (nSPS) is 23.4. The van der Waals surface area contributed by atoms with Crippen LogP contribution in [-0.4, -0.2) is 74.5 Å². The summed E-state index contributed by atoms with van der Waals surface area (Å²) in [7, 11) is 0. The van der Waals surface area contributed by atoms with E-state index in [0.717, 1.165) is 0 Å². The van der Waals surface area contributed by atoms with Crippen LogP contribution in [0.5, 0.6) is 11.5 Å². The van der Waals surface area contributed by atoms with Gasteiger partial charge >= 0.3 is 6.09 Å². The summed E-state index contributed by atoms with van der Waals surface area (Å²) in [6, 6.07) is 16.1. The number of benzene rings is 3. The van der Waals surface area contributed by atoms with Crippen LogP contribution in [0.15, 0.2) is 66.7 Å². The van der Waals surface area contributed by atoms with Crippen LogP contribution in [0.3, 0.4) is 0 Å². The Labute approximate surface area is 237 Å². The Morgan fingerprint density at radius 1 is 0.854 bits per heavy atom. The number of carboxylic acid groups (broad SMARTS) is 1. The Balaban J connectivity index is 1.65. The quantitative estimate of drug-likeness (QED) is 0.360. The van der Waals surface area contributed by atoms with Crippen LogP contribution in [-0.2, 0) is 0 Å². The van der Waals surface area contributed by atoms with E-state index in [9.17, 15) is 34.1 Å². The molecule has 0 saturated carbocycles. The van der Waals surface area contributed by atoms with Gasteiger partial charge in [0.2, 0.25) is 0 Å². The molecule has 0 radical (unpaired) electrons. The number of likely N-dealkylation sites (tertiary alicyclic amines) is 2. The van der Waals surface area contributed by atoms with Gasteiger partial charge in [-0.15, -0.1) is 0 Å². The second kappa shape index (κ2) is 11.3. The molecule has 2 aliphatic heterocycles. The lowest BCUT2D eigenvalue weighted by atomic mass is 9.67. The van der Waals surface area contributed by atoms with Crippen LogP contribution in [0, 0.1) is 24.6 Å². The highest BCUT2D eigenvalue weighted by Gasteiger charge is 2.49. The summed E-state index contributed by atoms with van der Waals surface area (Å²) in [6.07, 6.45) is -0.484. The number of amides is 1. The molecule has 5 rings (SSSR count). The second-order valence-electron chi connectivity index (χ2n) is 11.0. The molecule has 2 saturated heterocycles. The number of aromatic hydroxyl groups is 2. The lowest BCUT2D eigenvalue weighted by Crippen LogP contribution is -2.56. The van der Waals surface area contributed by atoms with Gasteiger partial charge in [-0.1, -0.05) is 36.4 Å². The number of carbonyl (C=O) groups is 3. The van der Waals surface area contributed by atoms with Gasteiger partial charge in [0.05, 0.1) is 0 Å². The van der Waals surface area contributed by atoms with E-state index < -0.39 is 29.7 Å². The van der Waals surface area contributed by atoms with Gasteiger partial charge in [0, 0.05) is 60.6 Å². The molecule has 9 heteroatoms. The van der Waals surface area contributed by atoms with Gasteiger partial charge < -0.3 is 20.2 Å². The van der Waals surface area contributed by atoms with Crippen molar-refractivity contribution in [3.8, 4) is 11.5 Å². The van der Waals surface area contributed by atoms with Crippen LogP contribution in [0.4, 0.5) is 9.18 Å². The molecular formula is C32H33FN2O6. The molecule has 3 aromatic rings. The van der Waals surface area contributed by atoms with Crippen molar-refractivity contribution in [2.24, 2.45) is 11.8 Å². The van der Waals surface area contributed by atoms with E-state index in [1.165, 1.54) is 35.2 Å². The Bertz CT molecular complexity index is 1430. The van der Waals surface area contributed by atoms with E-state index in [1.807, 2.05) is 11.8 Å². The Kier molecular flexibility index (Phi) is 7.82. The second-order valence-corrected chi connectivity index (χ2v) is 11.0. The molecule has 3 N–H and O–H groups in total. The maximum Gasteiger partial charge on any atom is 0.407 e. The maximum atomic E-state index is 14.9. The average molecular weight is 561 g/mol. The van der Waals surface area contributed by atoms with Crippen molar-refractivity contribution >= 4 is 17.7 Å². The lowest BCUT2D eigenvalue weighted by Gasteiger charge is -2.46. The number of piperidine rings is 1. The van der Waals surface area contributed by atoms with Crippen molar-refractivity contribution in [1.29, 1.82) is 0 Å². The molecule has 2 unspecified atom stereocenters. The zero-order valence-electron chi connectivity index (χ0n) is 22.9. The summed E-state index contributed by atoms with van der Waals surface area (Å²) in [5.74, 6) is -3.50. The first-order valence-corrected chi connectivity index (χ1v) is 13.7. The number of rotatable bonds is 6. The average Bonchev–Trinajstić information content (AvgIpc) is 3.34. The number of carbonyl (C=O) groups excluding carboxylic acids is 2. The Hall–Kier alpha value is -4.24. The Morgan fingerprint density at radius 3 is 1.88 bits per heavy atom. The highest BCUT2D eigenvalue weighted by atomic mass is 19.1. The zero-order valence-corrected chi connectivity index (χ0v) is 22.9. The minimum atomic E-state index is -1.02. The van der Waals surface area contributed by atoms with E-state index in [-0.39, 0.29) is 59.4 Å². The summed E-state index contributed by atoms with van der Waals surface area (Å²) in [5, 5.41) is 29.9. The van der Waals surface area contributed by atoms with Crippen molar-refractivity contribution < 1.29 is 34.1 Å². The summed E-state index contributed by atoms with van der Waals surface area (Å²) in [5.41, 5.74) is 1.44. The molecule has 214 valence electrons. The minimum absolute atomic E-state index is 0.0732. The van der Waals surface area contributed by atoms with Crippen molar-refractivity contribution in [1.82, 2.24) is 9.80 Å². The number of phenols is 2. The van der Waals surface area contributed by atoms with Gasteiger partial charge in [-0.2, -0.15) is 0 Å². The summed E-state index contributed by atoms with van der Waals surface area (Å²) in [6.45, 7) is 4.24. The van der Waals surface area contributed by atoms with Crippen LogP contribution >= 0.6 is 0 Å². The van der Waals surface area contributed by atoms with Crippen LogP contribution in [0.1, 0.15) is 51.1 Å². The predicted molar refractivity (Wildman–Crippen MR) is 150 cm³/mol. The molecular weight excluding hydrogens is 527 g/mol. The summed E-state index contributed by atoms with van der Waals surface area (Å²) < 4.78 is 14.9. The maximum absolute atomic E-state index is 14.9. The topological polar surface area (TPSA) is 118 Å². The van der Waals surface area contributed by atoms with E-state index in [1.54, 1.807) is 43.3 Å². The van der Waals surface area contributed by atoms with Gasteiger partial charge in [0.1, 0.15) is 17.3 Å². The third kappa shape index (κ3) is 5.41. The number of hydrogen-bond donors (Lipinski definition) is 3. The molecule has 4 atom stereocenters. The number of Topliss-reactive ketones (excluding diaryl/α,β-unsaturated/α-hetero) is 2. The van der Waals surface area contributed by atoms with E-state index in [2.05, 4.69) is 0 Å². The molecule has 1 amide bonds. The molecule has 2 aliphatic rings. The molecule has 3 aromatic carbocycles. The molecule has 41 heavy (non-hydrogen) atoms. The fourth-order valence-corrected chi connectivity index (χ4v) is 6.70. The highest BCUT2D eigenvalue weighted by Crippen LogP contribution is 2.44. The molecule has 0 aromatic heterocycles. The fraction of sp³-hybridized carbons (Fsp3) is 0.344. The summed E-state index contributed by atoms with van der Waals surface area (Å²) in [4.78, 5) is 43.7. The van der Waals surface area contributed by atoms with E-state index >= 15 is 0 Å². The number of halogens is 1. The third-order valence-electron chi connectivity index (χ3n) is 8.76. The van der Waals surface area contributed by atoms with Crippen molar-refractivity contribution in [3.63, 3.8) is 0 Å². The smallest absolute Gasteiger partial charge is 0.407 e. The first-order valence-electron chi connectivity index (χ1n) is 13.7. The van der Waals surface area contributed by atoms with Crippen LogP contribution in [0.25, 0.3) is 0 Å². The largest absolute Gasteiger partial charge is 0.508 e. The fourth-order valence-electron chi connectivity index (χ4n) is 6.70. The zero-order chi connectivity index (χ0) is 29.4. The third-order valence-corrected chi connectivity index (χ3v) is 8.76. The van der Waals surface area contributed by atoms with Gasteiger partial charge in [-0.05, 0) is 61.7 Å². The van der Waals surface area contributed by atoms with Gasteiger partial charge in [-0.3, -0.25) is 14.5 Å². The first kappa shape index (κ1) is 28.3. The van der Waals surface area contributed by atoms with Gasteiger partial charge in [0.15, 0.2) is 11.6 Å². The number of nitrogens with zero attached hydrogens (tertiary/aromatic N) is 2. The first-order chi connectivity index (χ1) is 19.6. The van der Waals surface area contributed by atoms with E-state index in [0.29, 0.717) is 24.1 Å². The standard InChI is InChI=1S/C32H33FN2O6/c1-18-24(10-5-11-27(18)33)29-25(30(38)20-6-3-8-22(36)14-20)16-34(28-12-13-35(19(28)2)32(40)41)17-26(29)31(39)21-7-4-9-23(37)15-21/h3-11,14-15,19,25-26,28-29,36-37H,12-13,16-17H2,1-2H3,(H,40,41)/t19?,25-,26-,28?/m0/s1. The van der Waals surface area contributed by atoms with Crippen LogP contribution < -0.4 is 0 Å². The van der Waals surface area contributed by atoms with E-state index in [4.69, 9.17) is 0 Å². The number of ketones is 2. The van der Waals surface area contributed by atoms with Crippen molar-refractivity contribution in [2.45, 2.75) is 38.3 Å². The summed E-state index contributed by atoms with van der Waals surface area (Å²) >= 11 is 0. The lowest BCUT2D eigenvalue weighted by molar-refractivity contribution is 0.0393. The highest BCUT2D eigenvalue weighted by molar-refractivity contribution is 6.02. The molecule has 2 fully saturated rings. The van der Waals surface area contributed by atoms with Gasteiger partial charge in [0.25, 0.3) is 0 Å². The van der Waals surface area contributed by atoms with Gasteiger partial charge in [-0.25, -0.2) is 9.18 Å². The number of phenolic OH excluding ortho intramolecular Hbond substituents is 2. The number of hydrogen-bond acceptors (Lipinski definition) is 6. The molecule has 0 spiro atoms. The monoisotopic (exact) mass is 560 g/mol. The van der Waals surface area contributed by atoms with Crippen LogP contribution in [0.2, 0.25) is 0 Å². The SMILES string of the molecule is Cc1c(F)cccc1C1[C@@H](C(=O)c2cccc(O)c2)CN(C2CCN(C(=O)O)C2C)C[C@@H]1C(=O)c1cccc(O)c1. The molecule has 2 heterocycles. The molecule has 0 aliphatic carbocycles. The van der Waals surface area contributed by atoms with Crippen molar-refractivity contribution in [2.75, 3.05) is 19.6 Å². The van der Waals surface area contributed by atoms with Crippen molar-refractivity contribution in [3.05, 3.63) is 94.8 Å². The molecule has 8 nitrogen and oxygen atoms in total. The molecule has 0 bridgehead atoms.